The van der Waals surface area contributed by atoms with Gasteiger partial charge in [-0.2, -0.15) is 5.10 Å². The zero-order chi connectivity index (χ0) is 20.6. The number of aromatic nitrogens is 3. The summed E-state index contributed by atoms with van der Waals surface area (Å²) in [5, 5.41) is 7.43. The van der Waals surface area contributed by atoms with Gasteiger partial charge in [-0.15, -0.1) is 24.0 Å². The molecule has 10 heteroatoms. The van der Waals surface area contributed by atoms with Crippen molar-refractivity contribution >= 4 is 41.5 Å². The summed E-state index contributed by atoms with van der Waals surface area (Å²) >= 11 is 0. The van der Waals surface area contributed by atoms with E-state index in [1.807, 2.05) is 37.3 Å². The van der Waals surface area contributed by atoms with Gasteiger partial charge in [0, 0.05) is 58.2 Å². The zero-order valence-corrected chi connectivity index (χ0v) is 19.9. The molecule has 2 aromatic heterocycles. The number of guanidine groups is 1. The van der Waals surface area contributed by atoms with E-state index in [1.165, 1.54) is 0 Å². The molecule has 1 saturated heterocycles. The van der Waals surface area contributed by atoms with Crippen molar-refractivity contribution in [2.45, 2.75) is 26.3 Å². The first-order chi connectivity index (χ1) is 14.1. The number of anilines is 1. The highest BCUT2D eigenvalue weighted by atomic mass is 127. The van der Waals surface area contributed by atoms with Gasteiger partial charge >= 0.3 is 0 Å². The van der Waals surface area contributed by atoms with E-state index in [1.54, 1.807) is 32.5 Å². The number of rotatable bonds is 7. The van der Waals surface area contributed by atoms with Gasteiger partial charge in [-0.1, -0.05) is 6.07 Å². The molecule has 0 atom stereocenters. The monoisotopic (exact) mass is 527 g/mol. The summed E-state index contributed by atoms with van der Waals surface area (Å²) in [4.78, 5) is 32.8. The van der Waals surface area contributed by atoms with Crippen LogP contribution in [0.2, 0.25) is 0 Å². The molecule has 0 unspecified atom stereocenters. The minimum absolute atomic E-state index is 0. The third kappa shape index (κ3) is 6.31. The molecule has 3 rings (SSSR count). The molecule has 9 nitrogen and oxygen atoms in total. The van der Waals surface area contributed by atoms with Gasteiger partial charge in [-0.05, 0) is 25.8 Å². The number of hydrogen-bond acceptors (Lipinski definition) is 4. The van der Waals surface area contributed by atoms with Crippen LogP contribution in [0, 0.1) is 0 Å². The lowest BCUT2D eigenvalue weighted by Crippen LogP contribution is -2.55. The molecule has 0 bridgehead atoms. The normalized spacial score (nSPS) is 14.6. The van der Waals surface area contributed by atoms with E-state index in [0.29, 0.717) is 32.7 Å². The Bertz CT molecular complexity index is 908. The van der Waals surface area contributed by atoms with Crippen LogP contribution in [0.3, 0.4) is 0 Å². The number of unbranched alkanes of at least 4 members (excludes halogenated alkanes) is 1. The molecule has 3 heterocycles. The van der Waals surface area contributed by atoms with Crippen molar-refractivity contribution in [3.8, 4) is 0 Å². The molecule has 164 valence electrons. The molecule has 2 aromatic rings. The zero-order valence-electron chi connectivity index (χ0n) is 17.5. The first kappa shape index (κ1) is 23.9. The van der Waals surface area contributed by atoms with Crippen LogP contribution in [0.15, 0.2) is 46.6 Å². The fourth-order valence-electron chi connectivity index (χ4n) is 3.32. The molecule has 0 saturated carbocycles. The van der Waals surface area contributed by atoms with Gasteiger partial charge < -0.3 is 19.7 Å². The van der Waals surface area contributed by atoms with Crippen molar-refractivity contribution in [3.63, 3.8) is 0 Å². The number of aliphatic imine (C=N–C) groups is 1. The smallest absolute Gasteiger partial charge is 0.250 e. The van der Waals surface area contributed by atoms with Crippen LogP contribution in [0.5, 0.6) is 0 Å². The molecular formula is C20H30IN7O2. The largest absolute Gasteiger partial charge is 0.357 e. The Morgan fingerprint density at radius 3 is 2.73 bits per heavy atom. The fraction of sp³-hybridized carbons (Fsp3) is 0.500. The van der Waals surface area contributed by atoms with E-state index in [9.17, 15) is 9.59 Å². The summed E-state index contributed by atoms with van der Waals surface area (Å²) in [5.74, 6) is 0.807. The summed E-state index contributed by atoms with van der Waals surface area (Å²) in [6.45, 7) is 5.72. The van der Waals surface area contributed by atoms with Crippen molar-refractivity contribution in [3.05, 3.63) is 47.1 Å². The van der Waals surface area contributed by atoms with Crippen molar-refractivity contribution in [1.82, 2.24) is 24.6 Å². The second-order valence-electron chi connectivity index (χ2n) is 7.01. The van der Waals surface area contributed by atoms with E-state index in [2.05, 4.69) is 15.4 Å². The summed E-state index contributed by atoms with van der Waals surface area (Å²) in [6, 6.07) is 5.19. The molecule has 1 aliphatic rings. The molecule has 1 N–H and O–H groups in total. The van der Waals surface area contributed by atoms with Crippen LogP contribution in [0.1, 0.15) is 19.8 Å². The van der Waals surface area contributed by atoms with Gasteiger partial charge in [0.25, 0.3) is 0 Å². The number of pyridine rings is 1. The van der Waals surface area contributed by atoms with Crippen molar-refractivity contribution in [2.24, 2.45) is 12.0 Å². The minimum Gasteiger partial charge on any atom is -0.357 e. The van der Waals surface area contributed by atoms with Crippen LogP contribution in [0.4, 0.5) is 5.69 Å². The highest BCUT2D eigenvalue weighted by Gasteiger charge is 2.27. The first-order valence-electron chi connectivity index (χ1n) is 10.1. The average molecular weight is 527 g/mol. The fourth-order valence-corrected chi connectivity index (χ4v) is 3.32. The van der Waals surface area contributed by atoms with Gasteiger partial charge in [0.1, 0.15) is 6.54 Å². The molecule has 0 radical (unpaired) electrons. The standard InChI is InChI=1S/C20H29N7O2.HI/c1-3-21-20(22-9-5-7-11-25-10-6-4-8-18(25)28)26-12-13-27(19(29)16-26)17-14-23-24(2)15-17;/h4,6,8,10,14-15H,3,5,7,9,11-13,16H2,1-2H3,(H,21,22);1H. The Morgan fingerprint density at radius 1 is 1.23 bits per heavy atom. The average Bonchev–Trinajstić information content (AvgIpc) is 3.14. The number of carbonyl (C=O) groups excluding carboxylic acids is 1. The number of piperazine rings is 1. The van der Waals surface area contributed by atoms with Crippen LogP contribution in [-0.2, 0) is 18.4 Å². The number of halogens is 1. The van der Waals surface area contributed by atoms with Gasteiger partial charge in [0.15, 0.2) is 5.96 Å². The summed E-state index contributed by atoms with van der Waals surface area (Å²) in [5.41, 5.74) is 0.851. The van der Waals surface area contributed by atoms with Crippen LogP contribution in [0.25, 0.3) is 0 Å². The van der Waals surface area contributed by atoms with Crippen LogP contribution >= 0.6 is 24.0 Å². The number of nitrogens with zero attached hydrogens (tertiary/aromatic N) is 6. The molecule has 0 spiro atoms. The van der Waals surface area contributed by atoms with E-state index < -0.39 is 0 Å². The number of aryl methyl sites for hydroxylation is 2. The lowest BCUT2D eigenvalue weighted by molar-refractivity contribution is -0.120. The maximum absolute atomic E-state index is 12.6. The third-order valence-electron chi connectivity index (χ3n) is 4.83. The number of nitrogens with one attached hydrogen (secondary N) is 1. The lowest BCUT2D eigenvalue weighted by atomic mass is 10.3. The lowest BCUT2D eigenvalue weighted by Gasteiger charge is -2.35. The summed E-state index contributed by atoms with van der Waals surface area (Å²) in [7, 11) is 1.84. The molecule has 1 aliphatic heterocycles. The van der Waals surface area contributed by atoms with Crippen molar-refractivity contribution in [1.29, 1.82) is 0 Å². The molecule has 30 heavy (non-hydrogen) atoms. The quantitative estimate of drug-likeness (QED) is 0.254. The molecule has 1 fully saturated rings. The Labute approximate surface area is 193 Å². The van der Waals surface area contributed by atoms with Crippen LogP contribution in [-0.4, -0.2) is 63.8 Å². The number of carbonyl (C=O) groups is 1. The predicted molar refractivity (Wildman–Crippen MR) is 128 cm³/mol. The molecule has 0 aliphatic carbocycles. The third-order valence-corrected chi connectivity index (χ3v) is 4.83. The van der Waals surface area contributed by atoms with E-state index >= 15 is 0 Å². The van der Waals surface area contributed by atoms with Crippen LogP contribution < -0.4 is 15.8 Å². The van der Waals surface area contributed by atoms with Crippen molar-refractivity contribution < 1.29 is 4.79 Å². The SMILES string of the molecule is CCNC(=NCCCCn1ccccc1=O)N1CCN(c2cnn(C)c2)C(=O)C1.I. The molecular weight excluding hydrogens is 497 g/mol. The minimum atomic E-state index is 0. The molecule has 1 amide bonds. The highest BCUT2D eigenvalue weighted by molar-refractivity contribution is 14.0. The summed E-state index contributed by atoms with van der Waals surface area (Å²) < 4.78 is 3.41. The topological polar surface area (TPSA) is 87.8 Å². The highest BCUT2D eigenvalue weighted by Crippen LogP contribution is 2.16. The maximum Gasteiger partial charge on any atom is 0.250 e. The maximum atomic E-state index is 12.6. The van der Waals surface area contributed by atoms with E-state index in [4.69, 9.17) is 0 Å². The first-order valence-corrected chi connectivity index (χ1v) is 10.1. The Balaban J connectivity index is 0.00000320. The number of amides is 1. The predicted octanol–water partition coefficient (Wildman–Crippen LogP) is 1.29. The van der Waals surface area contributed by atoms with Gasteiger partial charge in [-0.3, -0.25) is 19.3 Å². The second kappa shape index (κ2) is 11.7. The van der Waals surface area contributed by atoms with Gasteiger partial charge in [0.05, 0.1) is 11.9 Å². The second-order valence-corrected chi connectivity index (χ2v) is 7.01. The van der Waals surface area contributed by atoms with Gasteiger partial charge in [0.2, 0.25) is 11.5 Å². The Hall–Kier alpha value is -2.37. The molecule has 0 aromatic carbocycles. The number of hydrogen-bond donors (Lipinski definition) is 1. The Morgan fingerprint density at radius 2 is 2.07 bits per heavy atom. The van der Waals surface area contributed by atoms with E-state index in [-0.39, 0.29) is 35.4 Å². The van der Waals surface area contributed by atoms with E-state index in [0.717, 1.165) is 31.0 Å². The van der Waals surface area contributed by atoms with Crippen molar-refractivity contribution in [2.75, 3.05) is 37.6 Å². The Kier molecular flexibility index (Phi) is 9.34. The summed E-state index contributed by atoms with van der Waals surface area (Å²) in [6.07, 6.45) is 7.12. The van der Waals surface area contributed by atoms with Gasteiger partial charge in [-0.25, -0.2) is 0 Å².